The van der Waals surface area contributed by atoms with Crippen molar-refractivity contribution in [2.24, 2.45) is 11.7 Å². The topological polar surface area (TPSA) is 44.5 Å². The Kier molecular flexibility index (Phi) is 4.70. The van der Waals surface area contributed by atoms with Gasteiger partial charge in [0.05, 0.1) is 6.04 Å². The van der Waals surface area contributed by atoms with Crippen molar-refractivity contribution in [1.29, 1.82) is 0 Å². The van der Waals surface area contributed by atoms with E-state index in [0.29, 0.717) is 5.92 Å². The van der Waals surface area contributed by atoms with Crippen LogP contribution in [0, 0.1) is 5.92 Å². The number of hydrogen-bond acceptors (Lipinski definition) is 3. The Balaban J connectivity index is 2.38. The monoisotopic (exact) mass is 187 g/mol. The van der Waals surface area contributed by atoms with Crippen LogP contribution in [-0.2, 0) is 9.47 Å². The zero-order chi connectivity index (χ0) is 9.68. The predicted octanol–water partition coefficient (Wildman–Crippen LogP) is 1.51. The molecule has 0 bridgehead atoms. The molecule has 1 aliphatic rings. The highest BCUT2D eigenvalue weighted by Crippen LogP contribution is 2.27. The smallest absolute Gasteiger partial charge is 0.172 e. The van der Waals surface area contributed by atoms with Crippen LogP contribution >= 0.6 is 0 Å². The van der Waals surface area contributed by atoms with E-state index in [4.69, 9.17) is 15.2 Å². The highest BCUT2D eigenvalue weighted by atomic mass is 16.7. The molecular weight excluding hydrogens is 166 g/mol. The van der Waals surface area contributed by atoms with Crippen LogP contribution in [0.1, 0.15) is 32.1 Å². The van der Waals surface area contributed by atoms with Gasteiger partial charge in [-0.2, -0.15) is 0 Å². The van der Waals surface area contributed by atoms with Gasteiger partial charge in [0.25, 0.3) is 0 Å². The van der Waals surface area contributed by atoms with Crippen molar-refractivity contribution >= 4 is 0 Å². The maximum atomic E-state index is 6.06. The molecule has 0 aromatic heterocycles. The molecule has 1 atom stereocenters. The Morgan fingerprint density at radius 3 is 2.08 bits per heavy atom. The first-order chi connectivity index (χ1) is 6.29. The summed E-state index contributed by atoms with van der Waals surface area (Å²) < 4.78 is 10.3. The molecule has 0 spiro atoms. The second-order valence-corrected chi connectivity index (χ2v) is 3.82. The molecule has 1 unspecified atom stereocenters. The summed E-state index contributed by atoms with van der Waals surface area (Å²) in [7, 11) is 3.30. The van der Waals surface area contributed by atoms with Crippen molar-refractivity contribution in [3.05, 3.63) is 0 Å². The van der Waals surface area contributed by atoms with E-state index < -0.39 is 0 Å². The van der Waals surface area contributed by atoms with Crippen LogP contribution in [-0.4, -0.2) is 26.6 Å². The SMILES string of the molecule is COC(OC)C(N)C1CCCCC1. The van der Waals surface area contributed by atoms with Crippen molar-refractivity contribution in [2.45, 2.75) is 44.4 Å². The molecule has 0 saturated heterocycles. The summed E-state index contributed by atoms with van der Waals surface area (Å²) in [6.07, 6.45) is 6.18. The van der Waals surface area contributed by atoms with Gasteiger partial charge in [-0.15, -0.1) is 0 Å². The maximum absolute atomic E-state index is 6.06. The van der Waals surface area contributed by atoms with E-state index in [9.17, 15) is 0 Å². The zero-order valence-electron chi connectivity index (χ0n) is 8.66. The van der Waals surface area contributed by atoms with E-state index in [1.54, 1.807) is 14.2 Å². The van der Waals surface area contributed by atoms with Crippen molar-refractivity contribution in [3.8, 4) is 0 Å². The molecule has 3 nitrogen and oxygen atoms in total. The summed E-state index contributed by atoms with van der Waals surface area (Å²) in [5.41, 5.74) is 6.06. The van der Waals surface area contributed by atoms with Gasteiger partial charge in [-0.1, -0.05) is 19.3 Å². The Labute approximate surface area is 80.6 Å². The van der Waals surface area contributed by atoms with E-state index in [1.165, 1.54) is 32.1 Å². The molecule has 0 amide bonds. The molecule has 1 aliphatic carbocycles. The molecule has 78 valence electrons. The molecule has 1 rings (SSSR count). The molecule has 3 heteroatoms. The number of hydrogen-bond donors (Lipinski definition) is 1. The average Bonchev–Trinajstić information content (AvgIpc) is 2.21. The summed E-state index contributed by atoms with van der Waals surface area (Å²) in [4.78, 5) is 0. The number of ether oxygens (including phenoxy) is 2. The number of methoxy groups -OCH3 is 2. The van der Waals surface area contributed by atoms with Crippen LogP contribution < -0.4 is 5.73 Å². The van der Waals surface area contributed by atoms with E-state index >= 15 is 0 Å². The normalized spacial score (nSPS) is 22.2. The van der Waals surface area contributed by atoms with E-state index in [2.05, 4.69) is 0 Å². The fourth-order valence-corrected chi connectivity index (χ4v) is 2.15. The Hall–Kier alpha value is -0.120. The molecule has 2 N–H and O–H groups in total. The summed E-state index contributed by atoms with van der Waals surface area (Å²) in [6, 6.07) is 0.0373. The van der Waals surface area contributed by atoms with Crippen molar-refractivity contribution in [1.82, 2.24) is 0 Å². The predicted molar refractivity (Wildman–Crippen MR) is 52.4 cm³/mol. The first-order valence-electron chi connectivity index (χ1n) is 5.10. The fourth-order valence-electron chi connectivity index (χ4n) is 2.15. The molecule has 0 aromatic rings. The van der Waals surface area contributed by atoms with Crippen LogP contribution in [0.4, 0.5) is 0 Å². The summed E-state index contributed by atoms with van der Waals surface area (Å²) >= 11 is 0. The molecule has 0 heterocycles. The third-order valence-corrected chi connectivity index (χ3v) is 2.97. The van der Waals surface area contributed by atoms with Crippen molar-refractivity contribution in [3.63, 3.8) is 0 Å². The molecule has 0 aliphatic heterocycles. The van der Waals surface area contributed by atoms with Crippen molar-refractivity contribution < 1.29 is 9.47 Å². The highest BCUT2D eigenvalue weighted by Gasteiger charge is 2.27. The molecule has 0 aromatic carbocycles. The molecular formula is C10H21NO2. The molecule has 13 heavy (non-hydrogen) atoms. The minimum atomic E-state index is -0.233. The van der Waals surface area contributed by atoms with Crippen molar-refractivity contribution in [2.75, 3.05) is 14.2 Å². The van der Waals surface area contributed by atoms with E-state index in [1.807, 2.05) is 0 Å². The van der Waals surface area contributed by atoms with Crippen LogP contribution in [0.25, 0.3) is 0 Å². The van der Waals surface area contributed by atoms with Gasteiger partial charge in [-0.05, 0) is 18.8 Å². The second-order valence-electron chi connectivity index (χ2n) is 3.82. The summed E-state index contributed by atoms with van der Waals surface area (Å²) in [5, 5.41) is 0. The van der Waals surface area contributed by atoms with Crippen LogP contribution in [0.3, 0.4) is 0 Å². The van der Waals surface area contributed by atoms with Gasteiger partial charge in [0.1, 0.15) is 0 Å². The fraction of sp³-hybridized carbons (Fsp3) is 1.00. The highest BCUT2D eigenvalue weighted by molar-refractivity contribution is 4.78. The first-order valence-corrected chi connectivity index (χ1v) is 5.10. The maximum Gasteiger partial charge on any atom is 0.172 e. The van der Waals surface area contributed by atoms with E-state index in [-0.39, 0.29) is 12.3 Å². The van der Waals surface area contributed by atoms with Gasteiger partial charge in [0, 0.05) is 14.2 Å². The van der Waals surface area contributed by atoms with Gasteiger partial charge >= 0.3 is 0 Å². The standard InChI is InChI=1S/C10H21NO2/c1-12-10(13-2)9(11)8-6-4-3-5-7-8/h8-10H,3-7,11H2,1-2H3. The van der Waals surface area contributed by atoms with Crippen LogP contribution in [0.5, 0.6) is 0 Å². The Morgan fingerprint density at radius 2 is 1.62 bits per heavy atom. The lowest BCUT2D eigenvalue weighted by Crippen LogP contribution is -2.44. The van der Waals surface area contributed by atoms with Gasteiger partial charge < -0.3 is 15.2 Å². The van der Waals surface area contributed by atoms with Gasteiger partial charge in [0.2, 0.25) is 0 Å². The Morgan fingerprint density at radius 1 is 1.08 bits per heavy atom. The molecule has 1 saturated carbocycles. The summed E-state index contributed by atoms with van der Waals surface area (Å²) in [5.74, 6) is 0.582. The molecule has 1 fully saturated rings. The third-order valence-electron chi connectivity index (χ3n) is 2.97. The van der Waals surface area contributed by atoms with Gasteiger partial charge in [-0.3, -0.25) is 0 Å². The zero-order valence-corrected chi connectivity index (χ0v) is 8.66. The largest absolute Gasteiger partial charge is 0.354 e. The lowest BCUT2D eigenvalue weighted by molar-refractivity contribution is -0.127. The minimum absolute atomic E-state index is 0.0373. The van der Waals surface area contributed by atoms with Crippen LogP contribution in [0.15, 0.2) is 0 Å². The lowest BCUT2D eigenvalue weighted by Gasteiger charge is -2.31. The first kappa shape index (κ1) is 11.0. The van der Waals surface area contributed by atoms with Gasteiger partial charge in [-0.25, -0.2) is 0 Å². The number of nitrogens with two attached hydrogens (primary N) is 1. The number of rotatable bonds is 4. The minimum Gasteiger partial charge on any atom is -0.354 e. The third kappa shape index (κ3) is 2.93. The quantitative estimate of drug-likeness (QED) is 0.678. The summed E-state index contributed by atoms with van der Waals surface area (Å²) in [6.45, 7) is 0. The van der Waals surface area contributed by atoms with Gasteiger partial charge in [0.15, 0.2) is 6.29 Å². The average molecular weight is 187 g/mol. The lowest BCUT2D eigenvalue weighted by atomic mass is 9.84. The van der Waals surface area contributed by atoms with E-state index in [0.717, 1.165) is 0 Å². The molecule has 0 radical (unpaired) electrons. The Bertz CT molecular complexity index is 131. The van der Waals surface area contributed by atoms with Crippen LogP contribution in [0.2, 0.25) is 0 Å². The second kappa shape index (κ2) is 5.58.